The second kappa shape index (κ2) is 7.38. The normalized spacial score (nSPS) is 19.1. The molecule has 0 aromatic heterocycles. The van der Waals surface area contributed by atoms with Crippen molar-refractivity contribution in [2.24, 2.45) is 0 Å². The van der Waals surface area contributed by atoms with Crippen molar-refractivity contribution in [3.8, 4) is 0 Å². The molecule has 8 heteroatoms. The summed E-state index contributed by atoms with van der Waals surface area (Å²) in [6.45, 7) is 2.83. The van der Waals surface area contributed by atoms with Gasteiger partial charge in [0.15, 0.2) is 6.10 Å². The van der Waals surface area contributed by atoms with E-state index in [9.17, 15) is 19.2 Å². The van der Waals surface area contributed by atoms with Crippen molar-refractivity contribution < 1.29 is 23.9 Å². The summed E-state index contributed by atoms with van der Waals surface area (Å²) < 4.78 is 5.10. The van der Waals surface area contributed by atoms with Crippen molar-refractivity contribution in [1.82, 2.24) is 10.2 Å². The van der Waals surface area contributed by atoms with Crippen LogP contribution in [0.1, 0.15) is 38.2 Å². The van der Waals surface area contributed by atoms with E-state index in [1.807, 2.05) is 13.0 Å². The van der Waals surface area contributed by atoms with Gasteiger partial charge in [-0.25, -0.2) is 4.79 Å². The molecule has 2 N–H and O–H groups in total. The molecule has 1 aliphatic heterocycles. The van der Waals surface area contributed by atoms with Gasteiger partial charge in [-0.15, -0.1) is 0 Å². The van der Waals surface area contributed by atoms with E-state index in [0.29, 0.717) is 18.5 Å². The number of carbonyl (C=O) groups is 4. The van der Waals surface area contributed by atoms with Gasteiger partial charge in [-0.2, -0.15) is 0 Å². The number of ether oxygens (including phenoxy) is 1. The van der Waals surface area contributed by atoms with Crippen molar-refractivity contribution in [3.63, 3.8) is 0 Å². The number of nitrogens with zero attached hydrogens (tertiary/aromatic N) is 1. The van der Waals surface area contributed by atoms with Gasteiger partial charge in [0.05, 0.1) is 0 Å². The molecule has 1 atom stereocenters. The lowest BCUT2D eigenvalue weighted by Crippen LogP contribution is -2.44. The van der Waals surface area contributed by atoms with E-state index in [0.717, 1.165) is 23.3 Å². The summed E-state index contributed by atoms with van der Waals surface area (Å²) in [4.78, 5) is 49.8. The molecular weight excluding hydrogens is 350 g/mol. The SMILES string of the molecule is Cc1cccc(NC(=O)[C@@H](C)OC(=O)CN2C(=O)NC3(CCCC3)C2=O)c1. The summed E-state index contributed by atoms with van der Waals surface area (Å²) in [6, 6.07) is 6.64. The minimum atomic E-state index is -1.06. The fourth-order valence-corrected chi connectivity index (χ4v) is 3.52. The Hall–Kier alpha value is -2.90. The number of benzene rings is 1. The van der Waals surface area contributed by atoms with E-state index in [4.69, 9.17) is 4.74 Å². The summed E-state index contributed by atoms with van der Waals surface area (Å²) in [5.74, 6) is -1.68. The third-order valence-electron chi connectivity index (χ3n) is 4.95. The predicted octanol–water partition coefficient (Wildman–Crippen LogP) is 1.73. The maximum absolute atomic E-state index is 12.5. The first kappa shape index (κ1) is 18.9. The molecule has 1 spiro atoms. The van der Waals surface area contributed by atoms with E-state index < -0.39 is 36.1 Å². The first-order valence-corrected chi connectivity index (χ1v) is 9.02. The first-order valence-electron chi connectivity index (χ1n) is 9.02. The number of aryl methyl sites for hydroxylation is 1. The van der Waals surface area contributed by atoms with Crippen molar-refractivity contribution in [2.45, 2.75) is 51.2 Å². The Kier molecular flexibility index (Phi) is 5.16. The zero-order chi connectivity index (χ0) is 19.6. The minimum Gasteiger partial charge on any atom is -0.451 e. The summed E-state index contributed by atoms with van der Waals surface area (Å²) >= 11 is 0. The Bertz CT molecular complexity index is 785. The Balaban J connectivity index is 1.55. The number of amides is 4. The van der Waals surface area contributed by atoms with E-state index in [2.05, 4.69) is 10.6 Å². The molecule has 2 fully saturated rings. The number of nitrogens with one attached hydrogen (secondary N) is 2. The average Bonchev–Trinajstić information content (AvgIpc) is 3.16. The highest BCUT2D eigenvalue weighted by Crippen LogP contribution is 2.34. The highest BCUT2D eigenvalue weighted by molar-refractivity contribution is 6.09. The Labute approximate surface area is 157 Å². The fourth-order valence-electron chi connectivity index (χ4n) is 3.52. The molecule has 1 saturated carbocycles. The van der Waals surface area contributed by atoms with Crippen molar-refractivity contribution in [3.05, 3.63) is 29.8 Å². The van der Waals surface area contributed by atoms with Crippen LogP contribution in [0, 0.1) is 6.92 Å². The van der Waals surface area contributed by atoms with Crippen molar-refractivity contribution >= 4 is 29.5 Å². The van der Waals surface area contributed by atoms with Gasteiger partial charge in [-0.3, -0.25) is 19.3 Å². The highest BCUT2D eigenvalue weighted by Gasteiger charge is 2.52. The van der Waals surface area contributed by atoms with Gasteiger partial charge in [0.25, 0.3) is 11.8 Å². The Morgan fingerprint density at radius 3 is 2.67 bits per heavy atom. The lowest BCUT2D eigenvalue weighted by atomic mass is 9.98. The largest absolute Gasteiger partial charge is 0.451 e. The number of rotatable bonds is 5. The molecule has 8 nitrogen and oxygen atoms in total. The number of hydrogen-bond donors (Lipinski definition) is 2. The van der Waals surface area contributed by atoms with Gasteiger partial charge < -0.3 is 15.4 Å². The molecule has 27 heavy (non-hydrogen) atoms. The van der Waals surface area contributed by atoms with Crippen LogP contribution in [0.5, 0.6) is 0 Å². The zero-order valence-electron chi connectivity index (χ0n) is 15.4. The molecule has 1 aliphatic carbocycles. The van der Waals surface area contributed by atoms with Gasteiger partial charge in [-0.05, 0) is 44.4 Å². The maximum atomic E-state index is 12.5. The van der Waals surface area contributed by atoms with E-state index >= 15 is 0 Å². The Morgan fingerprint density at radius 2 is 2.00 bits per heavy atom. The molecule has 1 saturated heterocycles. The van der Waals surface area contributed by atoms with Crippen LogP contribution < -0.4 is 10.6 Å². The van der Waals surface area contributed by atoms with E-state index in [-0.39, 0.29) is 5.91 Å². The third-order valence-corrected chi connectivity index (χ3v) is 4.95. The first-order chi connectivity index (χ1) is 12.8. The number of urea groups is 1. The predicted molar refractivity (Wildman–Crippen MR) is 96.8 cm³/mol. The minimum absolute atomic E-state index is 0.390. The molecule has 3 rings (SSSR count). The van der Waals surface area contributed by atoms with Crippen LogP contribution in [0.2, 0.25) is 0 Å². The third kappa shape index (κ3) is 3.94. The standard InChI is InChI=1S/C19H23N3O5/c1-12-6-5-7-14(10-12)20-16(24)13(2)27-15(23)11-22-17(25)19(21-18(22)26)8-3-4-9-19/h5-7,10,13H,3-4,8-9,11H2,1-2H3,(H,20,24)(H,21,26)/t13-/m1/s1. The lowest BCUT2D eigenvalue weighted by Gasteiger charge is -2.20. The summed E-state index contributed by atoms with van der Waals surface area (Å²) in [6.07, 6.45) is 1.83. The van der Waals surface area contributed by atoms with Crippen LogP contribution in [0.15, 0.2) is 24.3 Å². The molecule has 1 aromatic carbocycles. The molecule has 2 aliphatic rings. The van der Waals surface area contributed by atoms with E-state index in [1.54, 1.807) is 18.2 Å². The van der Waals surface area contributed by atoms with Crippen molar-refractivity contribution in [2.75, 3.05) is 11.9 Å². The second-order valence-electron chi connectivity index (χ2n) is 7.10. The van der Waals surface area contributed by atoms with Gasteiger partial charge in [0.1, 0.15) is 12.1 Å². The monoisotopic (exact) mass is 373 g/mol. The smallest absolute Gasteiger partial charge is 0.327 e. The molecule has 0 unspecified atom stereocenters. The Morgan fingerprint density at radius 1 is 1.30 bits per heavy atom. The molecular formula is C19H23N3O5. The van der Waals surface area contributed by atoms with Gasteiger partial charge >= 0.3 is 12.0 Å². The van der Waals surface area contributed by atoms with Crippen LogP contribution in [0.3, 0.4) is 0 Å². The zero-order valence-corrected chi connectivity index (χ0v) is 15.4. The van der Waals surface area contributed by atoms with E-state index in [1.165, 1.54) is 6.92 Å². The summed E-state index contributed by atoms with van der Waals surface area (Å²) in [7, 11) is 0. The van der Waals surface area contributed by atoms with Crippen LogP contribution in [-0.2, 0) is 19.1 Å². The number of esters is 1. The number of imide groups is 1. The molecule has 144 valence electrons. The molecule has 0 radical (unpaired) electrons. The van der Waals surface area contributed by atoms with Crippen LogP contribution in [0.25, 0.3) is 0 Å². The lowest BCUT2D eigenvalue weighted by molar-refractivity contribution is -0.155. The quantitative estimate of drug-likeness (QED) is 0.604. The summed E-state index contributed by atoms with van der Waals surface area (Å²) in [5.41, 5.74) is 0.711. The highest BCUT2D eigenvalue weighted by atomic mass is 16.5. The van der Waals surface area contributed by atoms with Gasteiger partial charge in [0, 0.05) is 5.69 Å². The number of carbonyl (C=O) groups excluding carboxylic acids is 4. The van der Waals surface area contributed by atoms with Gasteiger partial charge in [-0.1, -0.05) is 25.0 Å². The molecule has 4 amide bonds. The van der Waals surface area contributed by atoms with Crippen LogP contribution >= 0.6 is 0 Å². The summed E-state index contributed by atoms with van der Waals surface area (Å²) in [5, 5.41) is 5.36. The van der Waals surface area contributed by atoms with Crippen molar-refractivity contribution in [1.29, 1.82) is 0 Å². The molecule has 1 aromatic rings. The van der Waals surface area contributed by atoms with Crippen LogP contribution in [-0.4, -0.2) is 46.9 Å². The average molecular weight is 373 g/mol. The van der Waals surface area contributed by atoms with Crippen LogP contribution in [0.4, 0.5) is 10.5 Å². The van der Waals surface area contributed by atoms with Gasteiger partial charge in [0.2, 0.25) is 0 Å². The fraction of sp³-hybridized carbons (Fsp3) is 0.474. The molecule has 1 heterocycles. The number of anilines is 1. The molecule has 0 bridgehead atoms. The topological polar surface area (TPSA) is 105 Å². The number of hydrogen-bond acceptors (Lipinski definition) is 5. The second-order valence-corrected chi connectivity index (χ2v) is 7.10. The maximum Gasteiger partial charge on any atom is 0.327 e.